The van der Waals surface area contributed by atoms with Gasteiger partial charge in [0, 0.05) is 19.5 Å². The molecule has 0 radical (unpaired) electrons. The van der Waals surface area contributed by atoms with Crippen LogP contribution in [0.25, 0.3) is 0 Å². The zero-order chi connectivity index (χ0) is 15.6. The van der Waals surface area contributed by atoms with Gasteiger partial charge in [-0.25, -0.2) is 8.42 Å². The molecule has 0 aliphatic rings. The molecule has 0 aliphatic heterocycles. The van der Waals surface area contributed by atoms with Gasteiger partial charge in [0.05, 0.1) is 12.8 Å². The van der Waals surface area contributed by atoms with Crippen LogP contribution in [-0.2, 0) is 10.0 Å². The Kier molecular flexibility index (Phi) is 5.34. The number of anilines is 1. The Morgan fingerprint density at radius 1 is 1.00 bits per heavy atom. The van der Waals surface area contributed by atoms with E-state index in [0.29, 0.717) is 15.9 Å². The SMILES string of the molecule is COc1cc(Br)cc(NS(=O)(=O)c2ccc(Br)cc2Br)c1. The number of nitrogens with one attached hydrogen (secondary N) is 1. The maximum absolute atomic E-state index is 12.4. The van der Waals surface area contributed by atoms with Crippen molar-refractivity contribution in [3.05, 3.63) is 49.8 Å². The minimum Gasteiger partial charge on any atom is -0.497 e. The third kappa shape index (κ3) is 4.21. The van der Waals surface area contributed by atoms with Crippen LogP contribution < -0.4 is 9.46 Å². The van der Waals surface area contributed by atoms with Gasteiger partial charge in [0.1, 0.15) is 10.6 Å². The fraction of sp³-hybridized carbons (Fsp3) is 0.0769. The van der Waals surface area contributed by atoms with Gasteiger partial charge in [-0.15, -0.1) is 0 Å². The van der Waals surface area contributed by atoms with Crippen molar-refractivity contribution in [3.63, 3.8) is 0 Å². The first-order chi connectivity index (χ1) is 9.81. The molecule has 0 amide bonds. The molecule has 0 aromatic heterocycles. The summed E-state index contributed by atoms with van der Waals surface area (Å²) in [6.07, 6.45) is 0. The van der Waals surface area contributed by atoms with Crippen molar-refractivity contribution in [1.82, 2.24) is 0 Å². The second-order valence-corrected chi connectivity index (χ2v) is 8.40. The first-order valence-corrected chi connectivity index (χ1v) is 9.50. The largest absolute Gasteiger partial charge is 0.497 e. The fourth-order valence-electron chi connectivity index (χ4n) is 1.64. The van der Waals surface area contributed by atoms with E-state index in [0.717, 1.165) is 8.95 Å². The third-order valence-corrected chi connectivity index (χ3v) is 5.85. The summed E-state index contributed by atoms with van der Waals surface area (Å²) in [7, 11) is -2.18. The fourth-order valence-corrected chi connectivity index (χ4v) is 4.90. The molecule has 0 heterocycles. The van der Waals surface area contributed by atoms with Crippen molar-refractivity contribution in [1.29, 1.82) is 0 Å². The van der Waals surface area contributed by atoms with Crippen molar-refractivity contribution < 1.29 is 13.2 Å². The maximum Gasteiger partial charge on any atom is 0.263 e. The number of hydrogen-bond donors (Lipinski definition) is 1. The number of sulfonamides is 1. The van der Waals surface area contributed by atoms with Gasteiger partial charge in [-0.1, -0.05) is 31.9 Å². The summed E-state index contributed by atoms with van der Waals surface area (Å²) in [5.41, 5.74) is 0.413. The van der Waals surface area contributed by atoms with E-state index in [-0.39, 0.29) is 4.90 Å². The van der Waals surface area contributed by atoms with Crippen LogP contribution in [0.2, 0.25) is 0 Å². The van der Waals surface area contributed by atoms with E-state index in [1.165, 1.54) is 13.2 Å². The lowest BCUT2D eigenvalue weighted by molar-refractivity contribution is 0.415. The normalized spacial score (nSPS) is 11.2. The molecule has 0 fully saturated rings. The zero-order valence-electron chi connectivity index (χ0n) is 10.7. The van der Waals surface area contributed by atoms with Gasteiger partial charge in [0.15, 0.2) is 0 Å². The van der Waals surface area contributed by atoms with Crippen LogP contribution in [0.15, 0.2) is 54.7 Å². The second kappa shape index (κ2) is 6.68. The highest BCUT2D eigenvalue weighted by atomic mass is 79.9. The van der Waals surface area contributed by atoms with Gasteiger partial charge >= 0.3 is 0 Å². The topological polar surface area (TPSA) is 55.4 Å². The number of ether oxygens (including phenoxy) is 1. The van der Waals surface area contributed by atoms with Gasteiger partial charge in [0.2, 0.25) is 0 Å². The molecule has 0 aliphatic carbocycles. The monoisotopic (exact) mass is 497 g/mol. The van der Waals surface area contributed by atoms with Gasteiger partial charge < -0.3 is 4.74 Å². The summed E-state index contributed by atoms with van der Waals surface area (Å²) < 4.78 is 34.5. The minimum absolute atomic E-state index is 0.157. The quantitative estimate of drug-likeness (QED) is 0.658. The van der Waals surface area contributed by atoms with Crippen LogP contribution in [0.3, 0.4) is 0 Å². The molecule has 0 atom stereocenters. The molecular weight excluding hydrogens is 490 g/mol. The number of benzene rings is 2. The highest BCUT2D eigenvalue weighted by molar-refractivity contribution is 9.11. The average molecular weight is 500 g/mol. The summed E-state index contributed by atoms with van der Waals surface area (Å²) in [5, 5.41) is 0. The standard InChI is InChI=1S/C13H10Br3NO3S/c1-20-11-5-9(15)4-10(7-11)17-21(18,19)13-3-2-8(14)6-12(13)16/h2-7,17H,1H3. The Labute approximate surface area is 148 Å². The van der Waals surface area contributed by atoms with Crippen LogP contribution in [0.5, 0.6) is 5.75 Å². The Bertz CT molecular complexity index is 778. The molecule has 8 heteroatoms. The van der Waals surface area contributed by atoms with Crippen molar-refractivity contribution in [2.75, 3.05) is 11.8 Å². The molecule has 0 spiro atoms. The van der Waals surface area contributed by atoms with Crippen LogP contribution in [-0.4, -0.2) is 15.5 Å². The predicted molar refractivity (Wildman–Crippen MR) is 93.3 cm³/mol. The van der Waals surface area contributed by atoms with Crippen molar-refractivity contribution in [2.24, 2.45) is 0 Å². The van der Waals surface area contributed by atoms with Crippen molar-refractivity contribution >= 4 is 63.5 Å². The molecule has 0 unspecified atom stereocenters. The van der Waals surface area contributed by atoms with Crippen LogP contribution >= 0.6 is 47.8 Å². The van der Waals surface area contributed by atoms with Gasteiger partial charge in [0.25, 0.3) is 10.0 Å². The molecule has 112 valence electrons. The van der Waals surface area contributed by atoms with Gasteiger partial charge in [-0.05, 0) is 46.3 Å². The molecule has 1 N–H and O–H groups in total. The molecule has 0 bridgehead atoms. The zero-order valence-corrected chi connectivity index (χ0v) is 16.3. The number of methoxy groups -OCH3 is 1. The molecule has 0 saturated heterocycles. The van der Waals surface area contributed by atoms with E-state index in [1.807, 2.05) is 0 Å². The first-order valence-electron chi connectivity index (χ1n) is 5.64. The lowest BCUT2D eigenvalue weighted by atomic mass is 10.3. The van der Waals surface area contributed by atoms with E-state index < -0.39 is 10.0 Å². The highest BCUT2D eigenvalue weighted by Crippen LogP contribution is 2.29. The van der Waals surface area contributed by atoms with Gasteiger partial charge in [-0.3, -0.25) is 4.72 Å². The Morgan fingerprint density at radius 3 is 2.33 bits per heavy atom. The molecule has 21 heavy (non-hydrogen) atoms. The third-order valence-electron chi connectivity index (χ3n) is 2.54. The van der Waals surface area contributed by atoms with E-state index in [4.69, 9.17) is 4.74 Å². The summed E-state index contributed by atoms with van der Waals surface area (Å²) >= 11 is 9.86. The summed E-state index contributed by atoms with van der Waals surface area (Å²) in [6, 6.07) is 9.87. The molecule has 4 nitrogen and oxygen atoms in total. The number of halogens is 3. The maximum atomic E-state index is 12.4. The van der Waals surface area contributed by atoms with Crippen LogP contribution in [0.4, 0.5) is 5.69 Å². The van der Waals surface area contributed by atoms with E-state index >= 15 is 0 Å². The molecular formula is C13H10Br3NO3S. The molecule has 0 saturated carbocycles. The van der Waals surface area contributed by atoms with Crippen molar-refractivity contribution in [3.8, 4) is 5.75 Å². The second-order valence-electron chi connectivity index (χ2n) is 4.06. The highest BCUT2D eigenvalue weighted by Gasteiger charge is 2.18. The van der Waals surface area contributed by atoms with Crippen LogP contribution in [0, 0.1) is 0 Å². The lowest BCUT2D eigenvalue weighted by Gasteiger charge is -2.11. The van der Waals surface area contributed by atoms with Gasteiger partial charge in [-0.2, -0.15) is 0 Å². The average Bonchev–Trinajstić information content (AvgIpc) is 2.36. The van der Waals surface area contributed by atoms with Crippen molar-refractivity contribution in [2.45, 2.75) is 4.90 Å². The summed E-state index contributed by atoms with van der Waals surface area (Å²) in [4.78, 5) is 0.157. The number of rotatable bonds is 4. The molecule has 2 rings (SSSR count). The molecule has 2 aromatic carbocycles. The summed E-state index contributed by atoms with van der Waals surface area (Å²) in [6.45, 7) is 0. The Hall–Kier alpha value is -0.570. The van der Waals surface area contributed by atoms with E-state index in [1.54, 1.807) is 30.3 Å². The van der Waals surface area contributed by atoms with E-state index in [9.17, 15) is 8.42 Å². The Morgan fingerprint density at radius 2 is 1.71 bits per heavy atom. The lowest BCUT2D eigenvalue weighted by Crippen LogP contribution is -2.13. The number of hydrogen-bond acceptors (Lipinski definition) is 3. The van der Waals surface area contributed by atoms with E-state index in [2.05, 4.69) is 52.5 Å². The van der Waals surface area contributed by atoms with Crippen LogP contribution in [0.1, 0.15) is 0 Å². The Balaban J connectivity index is 2.39. The minimum atomic E-state index is -3.70. The summed E-state index contributed by atoms with van der Waals surface area (Å²) in [5.74, 6) is 0.553. The molecule has 2 aromatic rings. The first kappa shape index (κ1) is 16.8. The predicted octanol–water partition coefficient (Wildman–Crippen LogP) is 4.78. The smallest absolute Gasteiger partial charge is 0.263 e.